The molecular formula is C8H5F3N4. The fourth-order valence-electron chi connectivity index (χ4n) is 0.993. The summed E-state index contributed by atoms with van der Waals surface area (Å²) >= 11 is 0. The molecule has 0 amide bonds. The zero-order valence-electron chi connectivity index (χ0n) is 7.28. The summed E-state index contributed by atoms with van der Waals surface area (Å²) in [5.74, 6) is 4.70. The van der Waals surface area contributed by atoms with Crippen LogP contribution in [0.3, 0.4) is 0 Å². The molecule has 1 rings (SSSR count). The van der Waals surface area contributed by atoms with Crippen molar-refractivity contribution in [3.63, 3.8) is 0 Å². The van der Waals surface area contributed by atoms with Gasteiger partial charge in [-0.25, -0.2) is 0 Å². The zero-order valence-corrected chi connectivity index (χ0v) is 7.28. The van der Waals surface area contributed by atoms with Gasteiger partial charge in [-0.2, -0.15) is 18.4 Å². The first kappa shape index (κ1) is 11.0. The van der Waals surface area contributed by atoms with Crippen LogP contribution in [0.25, 0.3) is 0 Å². The van der Waals surface area contributed by atoms with Gasteiger partial charge in [0.25, 0.3) is 0 Å². The van der Waals surface area contributed by atoms with Crippen molar-refractivity contribution >= 4 is 5.69 Å². The highest BCUT2D eigenvalue weighted by molar-refractivity contribution is 5.49. The molecule has 0 atom stereocenters. The molecule has 0 aliphatic rings. The van der Waals surface area contributed by atoms with E-state index in [4.69, 9.17) is 11.1 Å². The highest BCUT2D eigenvalue weighted by Crippen LogP contribution is 2.34. The average Bonchev–Trinajstić information content (AvgIpc) is 2.17. The third-order valence-corrected chi connectivity index (χ3v) is 1.60. The van der Waals surface area contributed by atoms with Gasteiger partial charge in [-0.05, 0) is 18.2 Å². The Morgan fingerprint density at radius 1 is 1.33 bits per heavy atom. The van der Waals surface area contributed by atoms with Crippen LogP contribution in [0.4, 0.5) is 18.9 Å². The SMILES string of the molecule is N#Cc1ccc(N=NN)cc1C(F)(F)F. The van der Waals surface area contributed by atoms with Gasteiger partial charge in [0.15, 0.2) is 0 Å². The van der Waals surface area contributed by atoms with Gasteiger partial charge in [0.1, 0.15) is 0 Å². The summed E-state index contributed by atoms with van der Waals surface area (Å²) in [6, 6.07) is 4.41. The molecule has 1 aromatic rings. The minimum Gasteiger partial charge on any atom is -0.305 e. The molecule has 0 saturated heterocycles. The molecule has 1 aromatic carbocycles. The molecular weight excluding hydrogens is 209 g/mol. The van der Waals surface area contributed by atoms with Gasteiger partial charge in [0.2, 0.25) is 0 Å². The Bertz CT molecular complexity index is 430. The highest BCUT2D eigenvalue weighted by atomic mass is 19.4. The standard InChI is InChI=1S/C8H5F3N4/c9-8(10,11)7-3-6(14-15-13)2-1-5(7)4-12/h1-3H,(H2,13,14). The Kier molecular flexibility index (Phi) is 2.90. The molecule has 0 spiro atoms. The van der Waals surface area contributed by atoms with E-state index in [0.29, 0.717) is 0 Å². The van der Waals surface area contributed by atoms with Gasteiger partial charge < -0.3 is 5.84 Å². The van der Waals surface area contributed by atoms with E-state index in [1.807, 2.05) is 0 Å². The molecule has 0 fully saturated rings. The third kappa shape index (κ3) is 2.43. The lowest BCUT2D eigenvalue weighted by atomic mass is 10.1. The molecule has 0 saturated carbocycles. The van der Waals surface area contributed by atoms with E-state index >= 15 is 0 Å². The minimum absolute atomic E-state index is 0.0520. The Morgan fingerprint density at radius 2 is 2.00 bits per heavy atom. The second kappa shape index (κ2) is 3.96. The summed E-state index contributed by atoms with van der Waals surface area (Å²) in [6.07, 6.45) is -4.59. The number of nitrogens with two attached hydrogens (primary N) is 1. The van der Waals surface area contributed by atoms with Gasteiger partial charge >= 0.3 is 6.18 Å². The molecule has 0 aromatic heterocycles. The summed E-state index contributed by atoms with van der Waals surface area (Å²) in [5, 5.41) is 14.6. The molecule has 0 bridgehead atoms. The van der Waals surface area contributed by atoms with Crippen molar-refractivity contribution in [3.05, 3.63) is 29.3 Å². The number of hydrogen-bond donors (Lipinski definition) is 1. The van der Waals surface area contributed by atoms with Crippen LogP contribution in [-0.2, 0) is 6.18 Å². The predicted molar refractivity (Wildman–Crippen MR) is 44.9 cm³/mol. The van der Waals surface area contributed by atoms with E-state index in [9.17, 15) is 13.2 Å². The molecule has 0 unspecified atom stereocenters. The Hall–Kier alpha value is -2.10. The van der Waals surface area contributed by atoms with E-state index < -0.39 is 17.3 Å². The number of halogens is 3. The highest BCUT2D eigenvalue weighted by Gasteiger charge is 2.33. The number of nitriles is 1. The fourth-order valence-corrected chi connectivity index (χ4v) is 0.993. The molecule has 0 heterocycles. The lowest BCUT2D eigenvalue weighted by Crippen LogP contribution is -2.07. The monoisotopic (exact) mass is 214 g/mol. The quantitative estimate of drug-likeness (QED) is 0.443. The summed E-state index contributed by atoms with van der Waals surface area (Å²) in [4.78, 5) is 0. The molecule has 0 aliphatic carbocycles. The molecule has 78 valence electrons. The summed E-state index contributed by atoms with van der Waals surface area (Å²) in [5.41, 5.74) is -1.56. The van der Waals surface area contributed by atoms with Crippen molar-refractivity contribution in [2.24, 2.45) is 16.2 Å². The Balaban J connectivity index is 3.33. The van der Waals surface area contributed by atoms with Crippen molar-refractivity contribution in [1.29, 1.82) is 5.26 Å². The molecule has 4 nitrogen and oxygen atoms in total. The number of alkyl halides is 3. The van der Waals surface area contributed by atoms with Crippen LogP contribution in [0, 0.1) is 11.3 Å². The molecule has 7 heteroatoms. The first-order valence-electron chi connectivity index (χ1n) is 3.71. The van der Waals surface area contributed by atoms with Crippen LogP contribution in [0.1, 0.15) is 11.1 Å². The second-order valence-electron chi connectivity index (χ2n) is 2.55. The first-order valence-corrected chi connectivity index (χ1v) is 3.71. The minimum atomic E-state index is -4.59. The lowest BCUT2D eigenvalue weighted by Gasteiger charge is -2.08. The van der Waals surface area contributed by atoms with Crippen LogP contribution < -0.4 is 5.84 Å². The molecule has 2 N–H and O–H groups in total. The van der Waals surface area contributed by atoms with Crippen molar-refractivity contribution in [2.75, 3.05) is 0 Å². The van der Waals surface area contributed by atoms with Gasteiger partial charge in [0.05, 0.1) is 22.9 Å². The number of rotatable bonds is 1. The van der Waals surface area contributed by atoms with E-state index in [0.717, 1.165) is 12.1 Å². The maximum Gasteiger partial charge on any atom is 0.417 e. The zero-order chi connectivity index (χ0) is 11.5. The van der Waals surface area contributed by atoms with Crippen molar-refractivity contribution in [2.45, 2.75) is 6.18 Å². The van der Waals surface area contributed by atoms with Crippen molar-refractivity contribution in [1.82, 2.24) is 0 Å². The van der Waals surface area contributed by atoms with E-state index in [1.165, 1.54) is 12.1 Å². The average molecular weight is 214 g/mol. The van der Waals surface area contributed by atoms with Crippen LogP contribution in [0.5, 0.6) is 0 Å². The van der Waals surface area contributed by atoms with Crippen molar-refractivity contribution < 1.29 is 13.2 Å². The normalized spacial score (nSPS) is 11.6. The topological polar surface area (TPSA) is 74.5 Å². The third-order valence-electron chi connectivity index (χ3n) is 1.60. The number of nitrogens with zero attached hydrogens (tertiary/aromatic N) is 3. The second-order valence-corrected chi connectivity index (χ2v) is 2.55. The Morgan fingerprint density at radius 3 is 2.47 bits per heavy atom. The fraction of sp³-hybridized carbons (Fsp3) is 0.125. The lowest BCUT2D eigenvalue weighted by molar-refractivity contribution is -0.137. The summed E-state index contributed by atoms with van der Waals surface area (Å²) in [6.45, 7) is 0. The van der Waals surface area contributed by atoms with Crippen LogP contribution >= 0.6 is 0 Å². The van der Waals surface area contributed by atoms with E-state index in [-0.39, 0.29) is 5.69 Å². The van der Waals surface area contributed by atoms with Crippen molar-refractivity contribution in [3.8, 4) is 6.07 Å². The van der Waals surface area contributed by atoms with Crippen LogP contribution in [0.2, 0.25) is 0 Å². The molecule has 15 heavy (non-hydrogen) atoms. The van der Waals surface area contributed by atoms with Gasteiger partial charge in [0, 0.05) is 0 Å². The van der Waals surface area contributed by atoms with Crippen LogP contribution in [0.15, 0.2) is 28.5 Å². The summed E-state index contributed by atoms with van der Waals surface area (Å²) < 4.78 is 37.2. The summed E-state index contributed by atoms with van der Waals surface area (Å²) in [7, 11) is 0. The maximum absolute atomic E-state index is 12.4. The van der Waals surface area contributed by atoms with Gasteiger partial charge in [-0.1, -0.05) is 5.22 Å². The molecule has 0 aliphatic heterocycles. The Labute approximate surface area is 82.8 Å². The smallest absolute Gasteiger partial charge is 0.305 e. The largest absolute Gasteiger partial charge is 0.417 e. The van der Waals surface area contributed by atoms with Gasteiger partial charge in [-0.3, -0.25) is 0 Å². The number of benzene rings is 1. The maximum atomic E-state index is 12.4. The predicted octanol–water partition coefficient (Wildman–Crippen LogP) is 2.53. The van der Waals surface area contributed by atoms with E-state index in [2.05, 4.69) is 10.3 Å². The first-order chi connectivity index (χ1) is 6.99. The number of hydrogen-bond acceptors (Lipinski definition) is 3. The van der Waals surface area contributed by atoms with E-state index in [1.54, 1.807) is 0 Å². The molecule has 0 radical (unpaired) electrons. The van der Waals surface area contributed by atoms with Gasteiger partial charge in [-0.15, -0.1) is 5.11 Å². The van der Waals surface area contributed by atoms with Crippen LogP contribution in [-0.4, -0.2) is 0 Å².